The van der Waals surface area contributed by atoms with Gasteiger partial charge in [0.1, 0.15) is 0 Å². The van der Waals surface area contributed by atoms with Crippen molar-refractivity contribution in [3.8, 4) is 0 Å². The summed E-state index contributed by atoms with van der Waals surface area (Å²) in [5, 5.41) is 11.7. The van der Waals surface area contributed by atoms with Crippen LogP contribution in [0.5, 0.6) is 0 Å². The van der Waals surface area contributed by atoms with Crippen molar-refractivity contribution in [3.63, 3.8) is 0 Å². The first-order valence-electron chi connectivity index (χ1n) is 8.50. The van der Waals surface area contributed by atoms with Crippen LogP contribution in [0, 0.1) is 0 Å². The Morgan fingerprint density at radius 3 is 2.45 bits per heavy atom. The molecule has 0 aliphatic carbocycles. The standard InChI is InChI=1S/C19H32OSeSi/c1-5-6-8-13-19(20)17(16-22(2,3)4)14-15-21-18-11-9-7-10-12-18/h7,9-12,16,19-20H,5-6,8,13-15H2,1-4H3/b17-16+. The molecule has 0 fully saturated rings. The predicted molar refractivity (Wildman–Crippen MR) is 103 cm³/mol. The fourth-order valence-electron chi connectivity index (χ4n) is 2.47. The van der Waals surface area contributed by atoms with E-state index >= 15 is 0 Å². The van der Waals surface area contributed by atoms with Gasteiger partial charge in [-0.1, -0.05) is 0 Å². The Bertz CT molecular complexity index is 436. The Kier molecular flexibility index (Phi) is 9.34. The Morgan fingerprint density at radius 1 is 1.18 bits per heavy atom. The molecule has 1 unspecified atom stereocenters. The van der Waals surface area contributed by atoms with Gasteiger partial charge >= 0.3 is 144 Å². The van der Waals surface area contributed by atoms with Crippen LogP contribution in [0.4, 0.5) is 0 Å². The Labute approximate surface area is 144 Å². The molecule has 124 valence electrons. The summed E-state index contributed by atoms with van der Waals surface area (Å²) in [4.78, 5) is 0. The first-order chi connectivity index (χ1) is 10.4. The Morgan fingerprint density at radius 2 is 1.86 bits per heavy atom. The zero-order chi connectivity index (χ0) is 16.4. The molecule has 0 radical (unpaired) electrons. The molecule has 0 spiro atoms. The summed E-state index contributed by atoms with van der Waals surface area (Å²) in [5.74, 6) is 0. The van der Waals surface area contributed by atoms with Crippen LogP contribution in [-0.2, 0) is 0 Å². The molecular weight excluding hydrogens is 351 g/mol. The van der Waals surface area contributed by atoms with Gasteiger partial charge in [-0.05, 0) is 0 Å². The summed E-state index contributed by atoms with van der Waals surface area (Å²) >= 11 is 0.517. The molecule has 0 saturated heterocycles. The second-order valence-corrected chi connectivity index (χ2v) is 14.5. The fourth-order valence-corrected chi connectivity index (χ4v) is 5.85. The van der Waals surface area contributed by atoms with Crippen LogP contribution in [0.2, 0.25) is 25.0 Å². The van der Waals surface area contributed by atoms with Crippen molar-refractivity contribution in [2.75, 3.05) is 0 Å². The molecule has 3 heteroatoms. The van der Waals surface area contributed by atoms with Crippen molar-refractivity contribution >= 4 is 27.5 Å². The van der Waals surface area contributed by atoms with Crippen LogP contribution in [0.1, 0.15) is 39.0 Å². The quantitative estimate of drug-likeness (QED) is 0.464. The van der Waals surface area contributed by atoms with Crippen molar-refractivity contribution in [2.24, 2.45) is 0 Å². The van der Waals surface area contributed by atoms with Crippen LogP contribution in [0.25, 0.3) is 0 Å². The van der Waals surface area contributed by atoms with Crippen molar-refractivity contribution < 1.29 is 5.11 Å². The van der Waals surface area contributed by atoms with Crippen molar-refractivity contribution in [2.45, 2.75) is 70.1 Å². The van der Waals surface area contributed by atoms with E-state index in [-0.39, 0.29) is 6.10 Å². The molecule has 0 bridgehead atoms. The SMILES string of the molecule is CCCCCC(O)/C(=C/[Si](C)(C)C)CC[Se]c1ccccc1. The third kappa shape index (κ3) is 8.94. The minimum atomic E-state index is -1.27. The van der Waals surface area contributed by atoms with E-state index in [1.807, 2.05) is 0 Å². The van der Waals surface area contributed by atoms with Gasteiger partial charge < -0.3 is 0 Å². The van der Waals surface area contributed by atoms with Crippen LogP contribution in [-0.4, -0.2) is 34.2 Å². The first kappa shape index (κ1) is 19.7. The van der Waals surface area contributed by atoms with E-state index in [0.29, 0.717) is 15.0 Å². The number of unbranched alkanes of at least 4 members (excludes halogenated alkanes) is 2. The molecule has 1 nitrogen and oxygen atoms in total. The van der Waals surface area contributed by atoms with Gasteiger partial charge in [0.25, 0.3) is 0 Å². The molecule has 22 heavy (non-hydrogen) atoms. The number of aliphatic hydroxyl groups is 1. The van der Waals surface area contributed by atoms with Gasteiger partial charge in [0, 0.05) is 0 Å². The van der Waals surface area contributed by atoms with Crippen molar-refractivity contribution in [1.82, 2.24) is 0 Å². The summed E-state index contributed by atoms with van der Waals surface area (Å²) in [6.07, 6.45) is 5.37. The van der Waals surface area contributed by atoms with Gasteiger partial charge in [-0.25, -0.2) is 0 Å². The van der Waals surface area contributed by atoms with Gasteiger partial charge in [-0.3, -0.25) is 0 Å². The average molecular weight is 384 g/mol. The molecular formula is C19H32OSeSi. The zero-order valence-corrected chi connectivity index (χ0v) is 17.4. The topological polar surface area (TPSA) is 20.2 Å². The third-order valence-electron chi connectivity index (χ3n) is 3.53. The summed E-state index contributed by atoms with van der Waals surface area (Å²) in [6.45, 7) is 9.28. The van der Waals surface area contributed by atoms with Gasteiger partial charge in [-0.2, -0.15) is 0 Å². The van der Waals surface area contributed by atoms with Crippen LogP contribution < -0.4 is 4.46 Å². The number of hydrogen-bond acceptors (Lipinski definition) is 1. The number of hydrogen-bond donors (Lipinski definition) is 1. The number of aliphatic hydroxyl groups excluding tert-OH is 1. The summed E-state index contributed by atoms with van der Waals surface area (Å²) in [6, 6.07) is 10.8. The minimum absolute atomic E-state index is 0.218. The normalized spacial score (nSPS) is 14.1. The summed E-state index contributed by atoms with van der Waals surface area (Å²) in [5.41, 5.74) is 3.75. The first-order valence-corrected chi connectivity index (χ1v) is 14.1. The molecule has 0 amide bonds. The molecule has 1 atom stereocenters. The molecule has 0 saturated carbocycles. The van der Waals surface area contributed by atoms with E-state index in [1.165, 1.54) is 28.2 Å². The van der Waals surface area contributed by atoms with Crippen LogP contribution in [0.15, 0.2) is 41.6 Å². The van der Waals surface area contributed by atoms with E-state index in [1.54, 1.807) is 0 Å². The second-order valence-electron chi connectivity index (χ2n) is 7.01. The molecule has 1 rings (SSSR count). The monoisotopic (exact) mass is 384 g/mol. The van der Waals surface area contributed by atoms with Crippen molar-refractivity contribution in [3.05, 3.63) is 41.6 Å². The molecule has 1 aromatic rings. The van der Waals surface area contributed by atoms with E-state index in [9.17, 15) is 5.11 Å². The molecule has 1 aromatic carbocycles. The average Bonchev–Trinajstić information content (AvgIpc) is 2.46. The van der Waals surface area contributed by atoms with Crippen LogP contribution >= 0.6 is 0 Å². The van der Waals surface area contributed by atoms with Crippen LogP contribution in [0.3, 0.4) is 0 Å². The van der Waals surface area contributed by atoms with Gasteiger partial charge in [0.2, 0.25) is 0 Å². The molecule has 0 aromatic heterocycles. The van der Waals surface area contributed by atoms with E-state index in [0.717, 1.165) is 19.3 Å². The second kappa shape index (κ2) is 10.4. The summed E-state index contributed by atoms with van der Waals surface area (Å²) in [7, 11) is -1.27. The molecule has 0 aliphatic rings. The predicted octanol–water partition coefficient (Wildman–Crippen LogP) is 4.57. The van der Waals surface area contributed by atoms with Gasteiger partial charge in [0.15, 0.2) is 0 Å². The fraction of sp³-hybridized carbons (Fsp3) is 0.579. The maximum absolute atomic E-state index is 10.6. The number of benzene rings is 1. The number of rotatable bonds is 10. The Hall–Kier alpha value is -0.344. The van der Waals surface area contributed by atoms with Crippen molar-refractivity contribution in [1.29, 1.82) is 0 Å². The third-order valence-corrected chi connectivity index (χ3v) is 6.89. The Balaban J connectivity index is 2.56. The zero-order valence-electron chi connectivity index (χ0n) is 14.6. The maximum atomic E-state index is 10.6. The molecule has 1 N–H and O–H groups in total. The van der Waals surface area contributed by atoms with E-state index < -0.39 is 8.07 Å². The van der Waals surface area contributed by atoms with E-state index in [4.69, 9.17) is 0 Å². The summed E-state index contributed by atoms with van der Waals surface area (Å²) < 4.78 is 1.46. The molecule has 0 heterocycles. The van der Waals surface area contributed by atoms with E-state index in [2.05, 4.69) is 62.6 Å². The molecule has 0 aliphatic heterocycles. The van der Waals surface area contributed by atoms with Gasteiger partial charge in [-0.15, -0.1) is 0 Å². The van der Waals surface area contributed by atoms with Gasteiger partial charge in [0.05, 0.1) is 0 Å².